The zero-order valence-electron chi connectivity index (χ0n) is 8.36. The summed E-state index contributed by atoms with van der Waals surface area (Å²) in [5, 5.41) is 8.77. The molecule has 88 valence electrons. The van der Waals surface area contributed by atoms with Crippen LogP contribution in [0.4, 0.5) is 14.6 Å². The standard InChI is InChI=1S/C9H11F2N3O2/c10-6-3-14(8(16)13-7(6)12)9(11)1-5(2-9)4-15/h3,5,15H,1-2,4H2,(H2,12,13,16). The largest absolute Gasteiger partial charge is 0.396 e. The topological polar surface area (TPSA) is 81.1 Å². The van der Waals surface area contributed by atoms with Gasteiger partial charge in [-0.15, -0.1) is 0 Å². The monoisotopic (exact) mass is 231 g/mol. The third-order valence-electron chi connectivity index (χ3n) is 2.80. The van der Waals surface area contributed by atoms with Gasteiger partial charge in [0.15, 0.2) is 17.4 Å². The van der Waals surface area contributed by atoms with E-state index in [2.05, 4.69) is 4.98 Å². The lowest BCUT2D eigenvalue weighted by molar-refractivity contribution is -0.0856. The van der Waals surface area contributed by atoms with Crippen molar-refractivity contribution < 1.29 is 13.9 Å². The van der Waals surface area contributed by atoms with Crippen molar-refractivity contribution in [3.63, 3.8) is 0 Å². The van der Waals surface area contributed by atoms with Crippen molar-refractivity contribution in [2.45, 2.75) is 18.6 Å². The van der Waals surface area contributed by atoms with Gasteiger partial charge in [0.2, 0.25) is 0 Å². The molecule has 0 bridgehead atoms. The Morgan fingerprint density at radius 1 is 1.69 bits per heavy atom. The number of aromatic nitrogens is 2. The number of nitrogens with two attached hydrogens (primary N) is 1. The highest BCUT2D eigenvalue weighted by atomic mass is 19.1. The lowest BCUT2D eigenvalue weighted by Crippen LogP contribution is -2.49. The van der Waals surface area contributed by atoms with Crippen LogP contribution >= 0.6 is 0 Å². The van der Waals surface area contributed by atoms with E-state index in [0.717, 1.165) is 6.20 Å². The average Bonchev–Trinajstić information content (AvgIpc) is 2.18. The van der Waals surface area contributed by atoms with Crippen molar-refractivity contribution in [3.8, 4) is 0 Å². The van der Waals surface area contributed by atoms with Gasteiger partial charge in [0.05, 0.1) is 6.20 Å². The van der Waals surface area contributed by atoms with Crippen LogP contribution in [0.1, 0.15) is 12.8 Å². The van der Waals surface area contributed by atoms with E-state index in [0.29, 0.717) is 4.57 Å². The molecule has 1 saturated carbocycles. The number of aliphatic hydroxyl groups is 1. The van der Waals surface area contributed by atoms with Gasteiger partial charge in [-0.25, -0.2) is 13.6 Å². The van der Waals surface area contributed by atoms with E-state index in [1.807, 2.05) is 0 Å². The van der Waals surface area contributed by atoms with Crippen LogP contribution in [-0.2, 0) is 5.79 Å². The predicted octanol–water partition coefficient (Wildman–Crippen LogP) is -0.0108. The van der Waals surface area contributed by atoms with E-state index in [9.17, 15) is 13.6 Å². The summed E-state index contributed by atoms with van der Waals surface area (Å²) < 4.78 is 27.7. The lowest BCUT2D eigenvalue weighted by Gasteiger charge is -2.41. The molecule has 0 spiro atoms. The number of halogens is 2. The van der Waals surface area contributed by atoms with Crippen LogP contribution in [0, 0.1) is 11.7 Å². The van der Waals surface area contributed by atoms with Crippen LogP contribution in [0.25, 0.3) is 0 Å². The summed E-state index contributed by atoms with van der Waals surface area (Å²) in [6.45, 7) is -0.148. The van der Waals surface area contributed by atoms with Crippen LogP contribution in [-0.4, -0.2) is 21.3 Å². The highest BCUT2D eigenvalue weighted by Gasteiger charge is 2.47. The maximum absolute atomic E-state index is 14.1. The maximum atomic E-state index is 14.1. The summed E-state index contributed by atoms with van der Waals surface area (Å²) >= 11 is 0. The zero-order valence-corrected chi connectivity index (χ0v) is 8.36. The van der Waals surface area contributed by atoms with Crippen molar-refractivity contribution >= 4 is 5.82 Å². The van der Waals surface area contributed by atoms with Gasteiger partial charge in [0.25, 0.3) is 0 Å². The average molecular weight is 231 g/mol. The molecule has 1 fully saturated rings. The minimum Gasteiger partial charge on any atom is -0.396 e. The first-order valence-electron chi connectivity index (χ1n) is 4.81. The molecule has 1 aromatic rings. The number of aliphatic hydroxyl groups excluding tert-OH is 1. The van der Waals surface area contributed by atoms with Gasteiger partial charge in [0.1, 0.15) is 0 Å². The number of hydrogen-bond acceptors (Lipinski definition) is 4. The highest BCUT2D eigenvalue weighted by Crippen LogP contribution is 2.44. The molecule has 2 rings (SSSR count). The molecule has 0 aromatic carbocycles. The second kappa shape index (κ2) is 3.51. The number of alkyl halides is 1. The highest BCUT2D eigenvalue weighted by molar-refractivity contribution is 5.26. The SMILES string of the molecule is Nc1nc(=O)n(C2(F)CC(CO)C2)cc1F. The molecule has 0 aliphatic heterocycles. The Labute approximate surface area is 89.5 Å². The molecule has 3 N–H and O–H groups in total. The van der Waals surface area contributed by atoms with Gasteiger partial charge in [-0.3, -0.25) is 4.57 Å². The minimum absolute atomic E-state index is 0.0194. The third-order valence-corrected chi connectivity index (χ3v) is 2.80. The second-order valence-corrected chi connectivity index (χ2v) is 4.00. The van der Waals surface area contributed by atoms with E-state index >= 15 is 0 Å². The van der Waals surface area contributed by atoms with Crippen molar-refractivity contribution in [1.29, 1.82) is 0 Å². The number of anilines is 1. The molecule has 0 unspecified atom stereocenters. The van der Waals surface area contributed by atoms with Gasteiger partial charge in [0, 0.05) is 19.4 Å². The van der Waals surface area contributed by atoms with Gasteiger partial charge < -0.3 is 10.8 Å². The molecule has 1 aliphatic rings. The van der Waals surface area contributed by atoms with E-state index in [-0.39, 0.29) is 25.4 Å². The molecule has 0 radical (unpaired) electrons. The first kappa shape index (κ1) is 11.0. The Balaban J connectivity index is 2.35. The number of rotatable bonds is 2. The summed E-state index contributed by atoms with van der Waals surface area (Å²) in [7, 11) is 0. The molecule has 1 heterocycles. The van der Waals surface area contributed by atoms with Crippen molar-refractivity contribution in [1.82, 2.24) is 9.55 Å². The van der Waals surface area contributed by atoms with Gasteiger partial charge in [-0.05, 0) is 5.92 Å². The molecule has 1 aliphatic carbocycles. The summed E-state index contributed by atoms with van der Waals surface area (Å²) in [5.74, 6) is -3.61. The summed E-state index contributed by atoms with van der Waals surface area (Å²) in [6.07, 6.45) is 0.682. The fraction of sp³-hybridized carbons (Fsp3) is 0.556. The van der Waals surface area contributed by atoms with Crippen LogP contribution in [0.15, 0.2) is 11.0 Å². The minimum atomic E-state index is -1.95. The first-order chi connectivity index (χ1) is 7.46. The van der Waals surface area contributed by atoms with E-state index in [1.165, 1.54) is 0 Å². The molecule has 0 amide bonds. The summed E-state index contributed by atoms with van der Waals surface area (Å²) in [4.78, 5) is 14.5. The van der Waals surface area contributed by atoms with Crippen LogP contribution in [0.5, 0.6) is 0 Å². The van der Waals surface area contributed by atoms with E-state index in [1.54, 1.807) is 0 Å². The number of hydrogen-bond donors (Lipinski definition) is 2. The Kier molecular flexibility index (Phi) is 2.42. The van der Waals surface area contributed by atoms with Crippen LogP contribution in [0.3, 0.4) is 0 Å². The zero-order chi connectivity index (χ0) is 11.9. The fourth-order valence-corrected chi connectivity index (χ4v) is 1.88. The van der Waals surface area contributed by atoms with Crippen molar-refractivity contribution in [2.75, 3.05) is 12.3 Å². The van der Waals surface area contributed by atoms with Crippen LogP contribution in [0.2, 0.25) is 0 Å². The summed E-state index contributed by atoms with van der Waals surface area (Å²) in [6, 6.07) is 0. The molecule has 0 atom stereocenters. The molecule has 1 aromatic heterocycles. The van der Waals surface area contributed by atoms with Crippen LogP contribution < -0.4 is 11.4 Å². The molecular weight excluding hydrogens is 220 g/mol. The third kappa shape index (κ3) is 1.57. The smallest absolute Gasteiger partial charge is 0.352 e. The number of nitrogens with zero attached hydrogens (tertiary/aromatic N) is 2. The molecular formula is C9H11F2N3O2. The van der Waals surface area contributed by atoms with Crippen molar-refractivity contribution in [3.05, 3.63) is 22.5 Å². The Bertz CT molecular complexity index is 468. The van der Waals surface area contributed by atoms with Gasteiger partial charge >= 0.3 is 5.69 Å². The molecule has 5 nitrogen and oxygen atoms in total. The normalized spacial score (nSPS) is 28.8. The molecule has 16 heavy (non-hydrogen) atoms. The Hall–Kier alpha value is -1.50. The summed E-state index contributed by atoms with van der Waals surface area (Å²) in [5.41, 5.74) is 4.17. The molecule has 7 heteroatoms. The predicted molar refractivity (Wildman–Crippen MR) is 51.8 cm³/mol. The fourth-order valence-electron chi connectivity index (χ4n) is 1.88. The van der Waals surface area contributed by atoms with Gasteiger partial charge in [-0.1, -0.05) is 0 Å². The molecule has 0 saturated heterocycles. The van der Waals surface area contributed by atoms with Gasteiger partial charge in [-0.2, -0.15) is 4.98 Å². The van der Waals surface area contributed by atoms with E-state index in [4.69, 9.17) is 10.8 Å². The maximum Gasteiger partial charge on any atom is 0.352 e. The second-order valence-electron chi connectivity index (χ2n) is 4.00. The number of nitrogen functional groups attached to an aromatic ring is 1. The van der Waals surface area contributed by atoms with Crippen molar-refractivity contribution in [2.24, 2.45) is 5.92 Å². The first-order valence-corrected chi connectivity index (χ1v) is 4.81. The quantitative estimate of drug-likeness (QED) is 0.750. The van der Waals surface area contributed by atoms with E-state index < -0.39 is 23.1 Å². The Morgan fingerprint density at radius 3 is 2.88 bits per heavy atom. The Morgan fingerprint density at radius 2 is 2.31 bits per heavy atom. The lowest BCUT2D eigenvalue weighted by atomic mass is 9.78.